The van der Waals surface area contributed by atoms with E-state index in [2.05, 4.69) is 54.8 Å². The number of hydrogen-bond donors (Lipinski definition) is 0. The van der Waals surface area contributed by atoms with E-state index in [4.69, 9.17) is 4.74 Å². The molecule has 0 fully saturated rings. The summed E-state index contributed by atoms with van der Waals surface area (Å²) in [5, 5.41) is 0. The highest BCUT2D eigenvalue weighted by Crippen LogP contribution is 2.17. The van der Waals surface area contributed by atoms with Crippen molar-refractivity contribution < 1.29 is 4.74 Å². The Morgan fingerprint density at radius 2 is 1.42 bits per heavy atom. The van der Waals surface area contributed by atoms with Crippen LogP contribution in [0.3, 0.4) is 0 Å². The molecule has 0 saturated carbocycles. The first-order chi connectivity index (χ1) is 9.31. The summed E-state index contributed by atoms with van der Waals surface area (Å²) in [4.78, 5) is 1.29. The van der Waals surface area contributed by atoms with Gasteiger partial charge in [0.25, 0.3) is 0 Å². The molecule has 0 radical (unpaired) electrons. The van der Waals surface area contributed by atoms with Crippen molar-refractivity contribution in [1.82, 2.24) is 0 Å². The number of hydrogen-bond acceptors (Lipinski definition) is 2. The minimum Gasteiger partial charge on any atom is -0.494 e. The smallest absolute Gasteiger partial charge is 0.119 e. The summed E-state index contributed by atoms with van der Waals surface area (Å²) in [5.41, 5.74) is 2.39. The molecule has 0 amide bonds. The molecule has 2 heteroatoms. The Balaban J connectivity index is 2.04. The predicted molar refractivity (Wildman–Crippen MR) is 84.8 cm³/mol. The van der Waals surface area contributed by atoms with E-state index in [0.717, 1.165) is 5.75 Å². The number of ether oxygens (including phenoxy) is 1. The average Bonchev–Trinajstić information content (AvgIpc) is 2.47. The normalized spacial score (nSPS) is 10.8. The molecule has 19 heavy (non-hydrogen) atoms. The van der Waals surface area contributed by atoms with Gasteiger partial charge in [-0.3, -0.25) is 0 Å². The molecule has 0 N–H and O–H groups in total. The molecule has 1 nitrogen and oxygen atoms in total. The molecule has 0 spiro atoms. The van der Waals surface area contributed by atoms with Crippen molar-refractivity contribution in [3.63, 3.8) is 0 Å². The van der Waals surface area contributed by atoms with Crippen LogP contribution in [0.4, 0.5) is 0 Å². The highest BCUT2D eigenvalue weighted by molar-refractivity contribution is 7.98. The third-order valence-electron chi connectivity index (χ3n) is 2.78. The first kappa shape index (κ1) is 13.8. The van der Waals surface area contributed by atoms with Gasteiger partial charge in [-0.25, -0.2) is 0 Å². The predicted octanol–water partition coefficient (Wildman–Crippen LogP) is 4.98. The average molecular weight is 270 g/mol. The van der Waals surface area contributed by atoms with Crippen LogP contribution in [0.5, 0.6) is 5.75 Å². The van der Waals surface area contributed by atoms with Crippen LogP contribution in [-0.4, -0.2) is 12.9 Å². The molecule has 0 aliphatic rings. The van der Waals surface area contributed by atoms with Gasteiger partial charge in [-0.15, -0.1) is 11.8 Å². The molecule has 98 valence electrons. The fourth-order valence-electron chi connectivity index (χ4n) is 1.75. The highest BCUT2D eigenvalue weighted by atomic mass is 32.2. The molecular formula is C17H18OS. The van der Waals surface area contributed by atoms with Crippen molar-refractivity contribution in [3.8, 4) is 5.75 Å². The lowest BCUT2D eigenvalue weighted by molar-refractivity contribution is 0.340. The molecule has 0 heterocycles. The Kier molecular flexibility index (Phi) is 5.10. The van der Waals surface area contributed by atoms with Gasteiger partial charge >= 0.3 is 0 Å². The monoisotopic (exact) mass is 270 g/mol. The number of rotatable bonds is 5. The maximum atomic E-state index is 5.42. The van der Waals surface area contributed by atoms with Crippen molar-refractivity contribution in [3.05, 3.63) is 59.7 Å². The third-order valence-corrected chi connectivity index (χ3v) is 3.52. The Hall–Kier alpha value is -1.67. The molecule has 0 bridgehead atoms. The van der Waals surface area contributed by atoms with Crippen LogP contribution >= 0.6 is 11.8 Å². The van der Waals surface area contributed by atoms with E-state index in [1.165, 1.54) is 16.0 Å². The molecular weight excluding hydrogens is 252 g/mol. The van der Waals surface area contributed by atoms with Crippen molar-refractivity contribution in [1.29, 1.82) is 0 Å². The Bertz CT molecular complexity index is 526. The largest absolute Gasteiger partial charge is 0.494 e. The van der Waals surface area contributed by atoms with Gasteiger partial charge in [0, 0.05) is 4.90 Å². The van der Waals surface area contributed by atoms with Gasteiger partial charge in [0.05, 0.1) is 6.61 Å². The van der Waals surface area contributed by atoms with E-state index >= 15 is 0 Å². The zero-order chi connectivity index (χ0) is 13.5. The molecule has 0 saturated heterocycles. The lowest BCUT2D eigenvalue weighted by Gasteiger charge is -2.02. The Labute approximate surface area is 119 Å². The summed E-state index contributed by atoms with van der Waals surface area (Å²) >= 11 is 1.76. The first-order valence-corrected chi connectivity index (χ1v) is 7.59. The van der Waals surface area contributed by atoms with Crippen molar-refractivity contribution in [2.24, 2.45) is 0 Å². The van der Waals surface area contributed by atoms with E-state index in [1.54, 1.807) is 11.8 Å². The maximum Gasteiger partial charge on any atom is 0.119 e. The van der Waals surface area contributed by atoms with Crippen LogP contribution in [0.1, 0.15) is 18.1 Å². The van der Waals surface area contributed by atoms with Crippen LogP contribution < -0.4 is 4.74 Å². The van der Waals surface area contributed by atoms with Crippen molar-refractivity contribution >= 4 is 23.9 Å². The summed E-state index contributed by atoms with van der Waals surface area (Å²) < 4.78 is 5.42. The van der Waals surface area contributed by atoms with E-state index in [9.17, 15) is 0 Å². The summed E-state index contributed by atoms with van der Waals surface area (Å²) in [6.07, 6.45) is 6.33. The molecule has 0 aromatic heterocycles. The minimum atomic E-state index is 0.705. The van der Waals surface area contributed by atoms with E-state index in [-0.39, 0.29) is 0 Å². The van der Waals surface area contributed by atoms with Crippen LogP contribution in [0.2, 0.25) is 0 Å². The second kappa shape index (κ2) is 7.05. The summed E-state index contributed by atoms with van der Waals surface area (Å²) in [6.45, 7) is 2.70. The molecule has 0 atom stereocenters. The zero-order valence-corrected chi connectivity index (χ0v) is 12.1. The first-order valence-electron chi connectivity index (χ1n) is 6.37. The molecule has 0 aliphatic carbocycles. The Morgan fingerprint density at radius 1 is 0.895 bits per heavy atom. The third kappa shape index (κ3) is 4.18. The van der Waals surface area contributed by atoms with Gasteiger partial charge < -0.3 is 4.74 Å². The van der Waals surface area contributed by atoms with Crippen molar-refractivity contribution in [2.45, 2.75) is 11.8 Å². The fraction of sp³-hybridized carbons (Fsp3) is 0.176. The highest BCUT2D eigenvalue weighted by Gasteiger charge is 1.92. The SMILES string of the molecule is CCOc1ccc(C=Cc2ccc(SC)cc2)cc1. The van der Waals surface area contributed by atoms with E-state index < -0.39 is 0 Å². The van der Waals surface area contributed by atoms with E-state index in [1.807, 2.05) is 19.1 Å². The van der Waals surface area contributed by atoms with Crippen LogP contribution in [0, 0.1) is 0 Å². The molecule has 0 unspecified atom stereocenters. The summed E-state index contributed by atoms with van der Waals surface area (Å²) in [7, 11) is 0. The Morgan fingerprint density at radius 3 is 1.89 bits per heavy atom. The number of thioether (sulfide) groups is 1. The second-order valence-corrected chi connectivity index (χ2v) is 4.99. The lowest BCUT2D eigenvalue weighted by atomic mass is 10.1. The van der Waals surface area contributed by atoms with Crippen LogP contribution in [-0.2, 0) is 0 Å². The molecule has 0 aliphatic heterocycles. The topological polar surface area (TPSA) is 9.23 Å². The zero-order valence-electron chi connectivity index (χ0n) is 11.3. The van der Waals surface area contributed by atoms with Gasteiger partial charge in [-0.1, -0.05) is 36.4 Å². The summed E-state index contributed by atoms with van der Waals surface area (Å²) in [6, 6.07) is 16.7. The standard InChI is InChI=1S/C17H18OS/c1-3-18-16-10-6-14(7-11-16)4-5-15-8-12-17(19-2)13-9-15/h4-13H,3H2,1-2H3. The van der Waals surface area contributed by atoms with Gasteiger partial charge in [0.15, 0.2) is 0 Å². The summed E-state index contributed by atoms with van der Waals surface area (Å²) in [5.74, 6) is 0.920. The van der Waals surface area contributed by atoms with Crippen molar-refractivity contribution in [2.75, 3.05) is 12.9 Å². The minimum absolute atomic E-state index is 0.705. The maximum absolute atomic E-state index is 5.42. The van der Waals surface area contributed by atoms with Crippen LogP contribution in [0.25, 0.3) is 12.2 Å². The van der Waals surface area contributed by atoms with Gasteiger partial charge in [-0.05, 0) is 48.6 Å². The quantitative estimate of drug-likeness (QED) is 0.560. The molecule has 2 aromatic rings. The van der Waals surface area contributed by atoms with Gasteiger partial charge in [-0.2, -0.15) is 0 Å². The lowest BCUT2D eigenvalue weighted by Crippen LogP contribution is -1.90. The van der Waals surface area contributed by atoms with E-state index in [0.29, 0.717) is 6.61 Å². The fourth-order valence-corrected chi connectivity index (χ4v) is 2.16. The second-order valence-electron chi connectivity index (χ2n) is 4.11. The molecule has 2 aromatic carbocycles. The van der Waals surface area contributed by atoms with Crippen LogP contribution in [0.15, 0.2) is 53.4 Å². The molecule has 2 rings (SSSR count). The van der Waals surface area contributed by atoms with Gasteiger partial charge in [0.2, 0.25) is 0 Å². The number of benzene rings is 2. The van der Waals surface area contributed by atoms with Gasteiger partial charge in [0.1, 0.15) is 5.75 Å².